The predicted molar refractivity (Wildman–Crippen MR) is 120 cm³/mol. The first-order valence-electron chi connectivity index (χ1n) is 10.9. The number of anilines is 1. The van der Waals surface area contributed by atoms with Crippen molar-refractivity contribution in [1.82, 2.24) is 20.0 Å². The number of benzene rings is 2. The normalized spacial score (nSPS) is 14.9. The van der Waals surface area contributed by atoms with Crippen molar-refractivity contribution >= 4 is 22.8 Å². The lowest BCUT2D eigenvalue weighted by Crippen LogP contribution is -2.40. The minimum Gasteiger partial charge on any atom is -0.440 e. The van der Waals surface area contributed by atoms with Gasteiger partial charge in [0.05, 0.1) is 0 Å². The number of fused-ring (bicyclic) bond motifs is 1. The lowest BCUT2D eigenvalue weighted by atomic mass is 9.97. The molecule has 0 bridgehead atoms. The minimum absolute atomic E-state index is 0.103. The summed E-state index contributed by atoms with van der Waals surface area (Å²) in [6, 6.07) is 15.1. The first-order valence-corrected chi connectivity index (χ1v) is 10.9. The molecule has 5 rings (SSSR count). The van der Waals surface area contributed by atoms with Gasteiger partial charge in [0.25, 0.3) is 5.89 Å². The Morgan fingerprint density at radius 2 is 1.81 bits per heavy atom. The van der Waals surface area contributed by atoms with E-state index >= 15 is 0 Å². The van der Waals surface area contributed by atoms with Crippen LogP contribution in [0.4, 0.5) is 10.5 Å². The maximum absolute atomic E-state index is 12.7. The highest BCUT2D eigenvalue weighted by Crippen LogP contribution is 2.30. The summed E-state index contributed by atoms with van der Waals surface area (Å²) in [5, 5.41) is 6.96. The third-order valence-electron chi connectivity index (χ3n) is 5.78. The van der Waals surface area contributed by atoms with Crippen molar-refractivity contribution in [2.75, 3.05) is 18.4 Å². The van der Waals surface area contributed by atoms with Crippen LogP contribution < -0.4 is 5.32 Å². The number of piperidine rings is 1. The predicted octanol–water partition coefficient (Wildman–Crippen LogP) is 5.41. The highest BCUT2D eigenvalue weighted by molar-refractivity contribution is 5.89. The maximum Gasteiger partial charge on any atom is 0.321 e. The smallest absolute Gasteiger partial charge is 0.321 e. The molecule has 1 aliphatic rings. The van der Waals surface area contributed by atoms with Gasteiger partial charge in [-0.1, -0.05) is 31.1 Å². The van der Waals surface area contributed by atoms with Crippen molar-refractivity contribution in [2.45, 2.75) is 38.5 Å². The molecule has 1 saturated heterocycles. The SMILES string of the molecule is CC(C)c1noc(-c2ccc(NC(=O)N3CCC(c4nc5ccccc5o4)CC3)cc2)n1. The third kappa shape index (κ3) is 4.08. The van der Waals surface area contributed by atoms with E-state index in [0.717, 1.165) is 41.1 Å². The van der Waals surface area contributed by atoms with Gasteiger partial charge in [-0.05, 0) is 49.2 Å². The van der Waals surface area contributed by atoms with Crippen LogP contribution in [0.5, 0.6) is 0 Å². The van der Waals surface area contributed by atoms with Crippen LogP contribution in [0.1, 0.15) is 50.2 Å². The number of nitrogens with one attached hydrogen (secondary N) is 1. The van der Waals surface area contributed by atoms with E-state index in [0.29, 0.717) is 24.8 Å². The van der Waals surface area contributed by atoms with Gasteiger partial charge in [-0.3, -0.25) is 0 Å². The second kappa shape index (κ2) is 8.45. The van der Waals surface area contributed by atoms with Crippen molar-refractivity contribution in [3.63, 3.8) is 0 Å². The van der Waals surface area contributed by atoms with E-state index in [2.05, 4.69) is 20.4 Å². The van der Waals surface area contributed by atoms with Crippen LogP contribution >= 0.6 is 0 Å². The Morgan fingerprint density at radius 3 is 2.50 bits per heavy atom. The number of carbonyl (C=O) groups is 1. The molecule has 8 heteroatoms. The summed E-state index contributed by atoms with van der Waals surface area (Å²) < 4.78 is 11.2. The lowest BCUT2D eigenvalue weighted by Gasteiger charge is -2.30. The summed E-state index contributed by atoms with van der Waals surface area (Å²) in [5.41, 5.74) is 3.24. The molecule has 1 aliphatic heterocycles. The van der Waals surface area contributed by atoms with Crippen LogP contribution in [-0.2, 0) is 0 Å². The quantitative estimate of drug-likeness (QED) is 0.464. The second-order valence-electron chi connectivity index (χ2n) is 8.40. The number of para-hydroxylation sites is 2. The Hall–Kier alpha value is -3.68. The van der Waals surface area contributed by atoms with Crippen molar-refractivity contribution in [3.05, 3.63) is 60.2 Å². The molecule has 0 spiro atoms. The first-order chi connectivity index (χ1) is 15.6. The average Bonchev–Trinajstić information content (AvgIpc) is 3.47. The third-order valence-corrected chi connectivity index (χ3v) is 5.78. The summed E-state index contributed by atoms with van der Waals surface area (Å²) in [7, 11) is 0. The summed E-state index contributed by atoms with van der Waals surface area (Å²) in [6.45, 7) is 5.35. The minimum atomic E-state index is -0.103. The largest absolute Gasteiger partial charge is 0.440 e. The van der Waals surface area contributed by atoms with Crippen LogP contribution in [0.15, 0.2) is 57.5 Å². The molecular formula is C24H25N5O3. The van der Waals surface area contributed by atoms with Gasteiger partial charge >= 0.3 is 6.03 Å². The number of urea groups is 1. The fourth-order valence-electron chi connectivity index (χ4n) is 3.88. The number of hydrogen-bond acceptors (Lipinski definition) is 6. The molecule has 0 radical (unpaired) electrons. The van der Waals surface area contributed by atoms with Crippen molar-refractivity contribution in [3.8, 4) is 11.5 Å². The number of oxazole rings is 1. The fraction of sp³-hybridized carbons (Fsp3) is 0.333. The van der Waals surface area contributed by atoms with Gasteiger partial charge in [-0.15, -0.1) is 0 Å². The Labute approximate surface area is 185 Å². The zero-order chi connectivity index (χ0) is 22.1. The molecular weight excluding hydrogens is 406 g/mol. The molecule has 3 heterocycles. The molecule has 8 nitrogen and oxygen atoms in total. The molecule has 2 aromatic heterocycles. The van der Waals surface area contributed by atoms with Crippen LogP contribution in [-0.4, -0.2) is 39.1 Å². The second-order valence-corrected chi connectivity index (χ2v) is 8.40. The van der Waals surface area contributed by atoms with Crippen LogP contribution in [0.3, 0.4) is 0 Å². The number of likely N-dealkylation sites (tertiary alicyclic amines) is 1. The zero-order valence-corrected chi connectivity index (χ0v) is 18.1. The Kier molecular flexibility index (Phi) is 5.34. The van der Waals surface area contributed by atoms with Crippen LogP contribution in [0, 0.1) is 0 Å². The van der Waals surface area contributed by atoms with Gasteiger partial charge in [-0.2, -0.15) is 4.98 Å². The van der Waals surface area contributed by atoms with Crippen LogP contribution in [0.25, 0.3) is 22.6 Å². The number of carbonyl (C=O) groups excluding carboxylic acids is 1. The van der Waals surface area contributed by atoms with E-state index in [-0.39, 0.29) is 17.9 Å². The molecule has 1 fully saturated rings. The molecule has 2 amide bonds. The van der Waals surface area contributed by atoms with Gasteiger partial charge in [0.15, 0.2) is 17.3 Å². The van der Waals surface area contributed by atoms with E-state index in [1.165, 1.54) is 0 Å². The Bertz CT molecular complexity index is 1190. The Morgan fingerprint density at radius 1 is 1.06 bits per heavy atom. The van der Waals surface area contributed by atoms with Crippen molar-refractivity contribution < 1.29 is 13.7 Å². The van der Waals surface area contributed by atoms with Gasteiger partial charge in [0.2, 0.25) is 0 Å². The number of amides is 2. The molecule has 0 aliphatic carbocycles. The lowest BCUT2D eigenvalue weighted by molar-refractivity contribution is 0.190. The molecule has 1 N–H and O–H groups in total. The number of rotatable bonds is 4. The monoisotopic (exact) mass is 431 g/mol. The maximum atomic E-state index is 12.7. The van der Waals surface area contributed by atoms with E-state index in [9.17, 15) is 4.79 Å². The highest BCUT2D eigenvalue weighted by Gasteiger charge is 2.27. The highest BCUT2D eigenvalue weighted by atomic mass is 16.5. The van der Waals surface area contributed by atoms with E-state index in [1.54, 1.807) is 0 Å². The molecule has 0 saturated carbocycles. The standard InChI is InChI=1S/C24H25N5O3/c1-15(2)21-27-23(32-28-21)16-7-9-18(10-8-16)25-24(30)29-13-11-17(12-14-29)22-26-19-5-3-4-6-20(19)31-22/h3-10,15,17H,11-14H2,1-2H3,(H,25,30). The van der Waals surface area contributed by atoms with Gasteiger partial charge in [-0.25, -0.2) is 9.78 Å². The van der Waals surface area contributed by atoms with E-state index in [4.69, 9.17) is 8.94 Å². The van der Waals surface area contributed by atoms with Crippen molar-refractivity contribution in [1.29, 1.82) is 0 Å². The van der Waals surface area contributed by atoms with E-state index in [1.807, 2.05) is 67.3 Å². The number of aromatic nitrogens is 3. The van der Waals surface area contributed by atoms with Gasteiger partial charge in [0, 0.05) is 36.2 Å². The average molecular weight is 431 g/mol. The topological polar surface area (TPSA) is 97.3 Å². The molecule has 4 aromatic rings. The van der Waals surface area contributed by atoms with Crippen molar-refractivity contribution in [2.24, 2.45) is 0 Å². The summed E-state index contributed by atoms with van der Waals surface area (Å²) in [4.78, 5) is 23.6. The first kappa shape index (κ1) is 20.2. The molecule has 32 heavy (non-hydrogen) atoms. The van der Waals surface area contributed by atoms with Gasteiger partial charge in [0.1, 0.15) is 5.52 Å². The summed E-state index contributed by atoms with van der Waals surface area (Å²) in [6.07, 6.45) is 1.66. The fourth-order valence-corrected chi connectivity index (χ4v) is 3.88. The molecule has 164 valence electrons. The summed E-state index contributed by atoms with van der Waals surface area (Å²) in [5.74, 6) is 2.36. The zero-order valence-electron chi connectivity index (χ0n) is 18.1. The summed E-state index contributed by atoms with van der Waals surface area (Å²) >= 11 is 0. The van der Waals surface area contributed by atoms with Crippen LogP contribution in [0.2, 0.25) is 0 Å². The molecule has 0 atom stereocenters. The van der Waals surface area contributed by atoms with Gasteiger partial charge < -0.3 is 19.2 Å². The Balaban J connectivity index is 1.17. The van der Waals surface area contributed by atoms with E-state index < -0.39 is 0 Å². The molecule has 2 aromatic carbocycles. The molecule has 0 unspecified atom stereocenters. The number of hydrogen-bond donors (Lipinski definition) is 1. The number of nitrogens with zero attached hydrogens (tertiary/aromatic N) is 4.